The standard InChI is InChI=1S/C14H14BrNO4/c1-18-10-4-3-8(7-9(10)15)13(16)11-5-6-12(20-11)14(17)19-2/h3-7,13H,16H2,1-2H3. The second-order valence-electron chi connectivity index (χ2n) is 4.07. The van der Waals surface area contributed by atoms with Crippen molar-refractivity contribution < 1.29 is 18.7 Å². The molecule has 0 radical (unpaired) electrons. The zero-order chi connectivity index (χ0) is 14.7. The van der Waals surface area contributed by atoms with E-state index in [9.17, 15) is 4.79 Å². The number of carbonyl (C=O) groups excluding carboxylic acids is 1. The SMILES string of the molecule is COC(=O)c1ccc(C(N)c2ccc(OC)c(Br)c2)o1. The van der Waals surface area contributed by atoms with Crippen molar-refractivity contribution in [1.29, 1.82) is 0 Å². The third-order valence-electron chi connectivity index (χ3n) is 2.85. The smallest absolute Gasteiger partial charge is 0.373 e. The lowest BCUT2D eigenvalue weighted by molar-refractivity contribution is 0.0562. The second-order valence-corrected chi connectivity index (χ2v) is 4.92. The number of hydrogen-bond acceptors (Lipinski definition) is 5. The van der Waals surface area contributed by atoms with Crippen molar-refractivity contribution in [2.45, 2.75) is 6.04 Å². The third-order valence-corrected chi connectivity index (χ3v) is 3.47. The van der Waals surface area contributed by atoms with Crippen LogP contribution in [0.2, 0.25) is 0 Å². The van der Waals surface area contributed by atoms with Crippen LogP contribution in [0.1, 0.15) is 27.9 Å². The highest BCUT2D eigenvalue weighted by atomic mass is 79.9. The molecule has 0 bridgehead atoms. The van der Waals surface area contributed by atoms with Crippen molar-refractivity contribution in [2.75, 3.05) is 14.2 Å². The second kappa shape index (κ2) is 6.11. The van der Waals surface area contributed by atoms with Crippen LogP contribution in [0.15, 0.2) is 39.2 Å². The molecule has 1 aromatic heterocycles. The van der Waals surface area contributed by atoms with Gasteiger partial charge in [0.25, 0.3) is 0 Å². The molecule has 0 saturated carbocycles. The van der Waals surface area contributed by atoms with Gasteiger partial charge in [0, 0.05) is 0 Å². The van der Waals surface area contributed by atoms with Gasteiger partial charge in [0.05, 0.1) is 24.7 Å². The van der Waals surface area contributed by atoms with Gasteiger partial charge in [-0.05, 0) is 45.8 Å². The number of esters is 1. The molecule has 106 valence electrons. The largest absolute Gasteiger partial charge is 0.496 e. The van der Waals surface area contributed by atoms with Crippen LogP contribution in [0.3, 0.4) is 0 Å². The molecule has 0 spiro atoms. The van der Waals surface area contributed by atoms with Crippen LogP contribution in [0.4, 0.5) is 0 Å². The first-order valence-corrected chi connectivity index (χ1v) is 6.63. The predicted molar refractivity (Wildman–Crippen MR) is 76.8 cm³/mol. The van der Waals surface area contributed by atoms with E-state index in [-0.39, 0.29) is 5.76 Å². The van der Waals surface area contributed by atoms with Crippen LogP contribution < -0.4 is 10.5 Å². The molecule has 1 unspecified atom stereocenters. The summed E-state index contributed by atoms with van der Waals surface area (Å²) in [6.07, 6.45) is 0. The van der Waals surface area contributed by atoms with Gasteiger partial charge in [0.15, 0.2) is 0 Å². The van der Waals surface area contributed by atoms with E-state index in [1.165, 1.54) is 7.11 Å². The molecule has 20 heavy (non-hydrogen) atoms. The molecule has 6 heteroatoms. The molecule has 2 N–H and O–H groups in total. The van der Waals surface area contributed by atoms with Crippen molar-refractivity contribution >= 4 is 21.9 Å². The van der Waals surface area contributed by atoms with Crippen molar-refractivity contribution in [2.24, 2.45) is 5.73 Å². The summed E-state index contributed by atoms with van der Waals surface area (Å²) in [5.41, 5.74) is 6.96. The highest BCUT2D eigenvalue weighted by molar-refractivity contribution is 9.10. The summed E-state index contributed by atoms with van der Waals surface area (Å²) in [6.45, 7) is 0. The van der Waals surface area contributed by atoms with Crippen LogP contribution in [0.5, 0.6) is 5.75 Å². The Bertz CT molecular complexity index is 623. The lowest BCUT2D eigenvalue weighted by Crippen LogP contribution is -2.11. The van der Waals surface area contributed by atoms with E-state index in [1.807, 2.05) is 18.2 Å². The third kappa shape index (κ3) is 2.86. The summed E-state index contributed by atoms with van der Waals surface area (Å²) in [6, 6.07) is 8.23. The Morgan fingerprint density at radius 1 is 1.30 bits per heavy atom. The Balaban J connectivity index is 2.26. The maximum atomic E-state index is 11.3. The average Bonchev–Trinajstić information content (AvgIpc) is 2.95. The number of carbonyl (C=O) groups is 1. The molecule has 1 aromatic carbocycles. The summed E-state index contributed by atoms with van der Waals surface area (Å²) in [4.78, 5) is 11.3. The minimum atomic E-state index is -0.528. The number of ether oxygens (including phenoxy) is 2. The monoisotopic (exact) mass is 339 g/mol. The van der Waals surface area contributed by atoms with E-state index in [0.717, 1.165) is 15.8 Å². The first-order chi connectivity index (χ1) is 9.56. The number of rotatable bonds is 4. The number of furan rings is 1. The fourth-order valence-corrected chi connectivity index (χ4v) is 2.33. The number of benzene rings is 1. The molecule has 1 heterocycles. The van der Waals surface area contributed by atoms with Crippen molar-refractivity contribution in [3.05, 3.63) is 51.9 Å². The van der Waals surface area contributed by atoms with Crippen molar-refractivity contribution in [3.63, 3.8) is 0 Å². The predicted octanol–water partition coefficient (Wildman–Crippen LogP) is 2.89. The maximum Gasteiger partial charge on any atom is 0.373 e. The summed E-state index contributed by atoms with van der Waals surface area (Å²) >= 11 is 3.40. The minimum absolute atomic E-state index is 0.130. The van der Waals surface area contributed by atoms with Gasteiger partial charge >= 0.3 is 5.97 Å². The van der Waals surface area contributed by atoms with E-state index in [0.29, 0.717) is 5.76 Å². The molecule has 0 aliphatic rings. The highest BCUT2D eigenvalue weighted by Gasteiger charge is 2.18. The molecule has 2 aromatic rings. The summed E-state index contributed by atoms with van der Waals surface area (Å²) in [5, 5.41) is 0. The molecule has 0 aliphatic carbocycles. The first kappa shape index (κ1) is 14.6. The molecule has 1 atom stereocenters. The zero-order valence-electron chi connectivity index (χ0n) is 11.1. The quantitative estimate of drug-likeness (QED) is 0.867. The molecule has 0 amide bonds. The minimum Gasteiger partial charge on any atom is -0.496 e. The molecule has 2 rings (SSSR count). The first-order valence-electron chi connectivity index (χ1n) is 5.84. The van der Waals surface area contributed by atoms with Crippen LogP contribution in [-0.2, 0) is 4.74 Å². The maximum absolute atomic E-state index is 11.3. The van der Waals surface area contributed by atoms with Crippen molar-refractivity contribution in [1.82, 2.24) is 0 Å². The Morgan fingerprint density at radius 3 is 2.65 bits per heavy atom. The van der Waals surface area contributed by atoms with Crippen LogP contribution in [-0.4, -0.2) is 20.2 Å². The lowest BCUT2D eigenvalue weighted by atomic mass is 10.1. The van der Waals surface area contributed by atoms with Crippen molar-refractivity contribution in [3.8, 4) is 5.75 Å². The lowest BCUT2D eigenvalue weighted by Gasteiger charge is -2.11. The van der Waals surface area contributed by atoms with Gasteiger partial charge in [-0.3, -0.25) is 0 Å². The van der Waals surface area contributed by atoms with Crippen LogP contribution >= 0.6 is 15.9 Å². The normalized spacial score (nSPS) is 12.0. The van der Waals surface area contributed by atoms with E-state index in [4.69, 9.17) is 14.9 Å². The molecule has 0 aliphatic heterocycles. The van der Waals surface area contributed by atoms with Gasteiger partial charge in [-0.25, -0.2) is 4.79 Å². The fourth-order valence-electron chi connectivity index (χ4n) is 1.77. The number of nitrogens with two attached hydrogens (primary N) is 1. The number of hydrogen-bond donors (Lipinski definition) is 1. The molecule has 5 nitrogen and oxygen atoms in total. The highest BCUT2D eigenvalue weighted by Crippen LogP contribution is 2.30. The fraction of sp³-hybridized carbons (Fsp3) is 0.214. The molecular formula is C14H14BrNO4. The molecule has 0 fully saturated rings. The summed E-state index contributed by atoms with van der Waals surface area (Å²) in [5.74, 6) is 0.808. The topological polar surface area (TPSA) is 74.7 Å². The van der Waals surface area contributed by atoms with Crippen LogP contribution in [0, 0.1) is 0 Å². The Morgan fingerprint density at radius 2 is 2.05 bits per heavy atom. The van der Waals surface area contributed by atoms with Gasteiger partial charge < -0.3 is 19.6 Å². The van der Waals surface area contributed by atoms with E-state index in [1.54, 1.807) is 19.2 Å². The van der Waals surface area contributed by atoms with E-state index < -0.39 is 12.0 Å². The van der Waals surface area contributed by atoms with Crippen LogP contribution in [0.25, 0.3) is 0 Å². The summed E-state index contributed by atoms with van der Waals surface area (Å²) < 4.78 is 16.0. The zero-order valence-corrected chi connectivity index (χ0v) is 12.6. The Kier molecular flexibility index (Phi) is 4.46. The van der Waals surface area contributed by atoms with Gasteiger partial charge in [0.2, 0.25) is 5.76 Å². The van der Waals surface area contributed by atoms with E-state index >= 15 is 0 Å². The average molecular weight is 340 g/mol. The number of halogens is 1. The Labute approximate surface area is 124 Å². The van der Waals surface area contributed by atoms with Gasteiger partial charge in [0.1, 0.15) is 11.5 Å². The Hall–Kier alpha value is -1.79. The van der Waals surface area contributed by atoms with E-state index in [2.05, 4.69) is 20.7 Å². The summed E-state index contributed by atoms with van der Waals surface area (Å²) in [7, 11) is 2.89. The molecule has 0 saturated heterocycles. The van der Waals surface area contributed by atoms with Gasteiger partial charge in [-0.2, -0.15) is 0 Å². The van der Waals surface area contributed by atoms with Gasteiger partial charge in [-0.15, -0.1) is 0 Å². The molecular weight excluding hydrogens is 326 g/mol. The van der Waals surface area contributed by atoms with Gasteiger partial charge in [-0.1, -0.05) is 6.07 Å². The number of methoxy groups -OCH3 is 2.